The molecule has 0 aliphatic carbocycles. The Balaban J connectivity index is 2.65. The van der Waals surface area contributed by atoms with Gasteiger partial charge in [-0.15, -0.1) is 13.2 Å². The Bertz CT molecular complexity index is 390. The number of amides is 1. The zero-order valence-electron chi connectivity index (χ0n) is 8.72. The fourth-order valence-electron chi connectivity index (χ4n) is 0.982. The van der Waals surface area contributed by atoms with Gasteiger partial charge in [0.1, 0.15) is 5.75 Å². The molecule has 1 amide bonds. The lowest BCUT2D eigenvalue weighted by Gasteiger charge is -2.10. The normalized spacial score (nSPS) is 13.0. The molecule has 0 heterocycles. The molecule has 1 rings (SSSR count). The van der Waals surface area contributed by atoms with Crippen molar-refractivity contribution < 1.29 is 22.7 Å². The summed E-state index contributed by atoms with van der Waals surface area (Å²) in [6.07, 6.45) is -4.71. The summed E-state index contributed by atoms with van der Waals surface area (Å²) in [6, 6.07) is 4.91. The second-order valence-electron chi connectivity index (χ2n) is 3.18. The maximum atomic E-state index is 11.9. The van der Waals surface area contributed by atoms with Crippen molar-refractivity contribution in [2.75, 3.05) is 5.32 Å². The van der Waals surface area contributed by atoms with Crippen molar-refractivity contribution in [1.82, 2.24) is 0 Å². The van der Waals surface area contributed by atoms with Crippen LogP contribution in [0, 0.1) is 0 Å². The number of hydrogen-bond donors (Lipinski definition) is 1. The monoisotopic (exact) mass is 311 g/mol. The van der Waals surface area contributed by atoms with Crippen molar-refractivity contribution in [3.63, 3.8) is 0 Å². The molecule has 0 bridgehead atoms. The molecule has 7 heteroatoms. The lowest BCUT2D eigenvalue weighted by molar-refractivity contribution is -0.274. The molecule has 17 heavy (non-hydrogen) atoms. The van der Waals surface area contributed by atoms with Crippen molar-refractivity contribution in [2.24, 2.45) is 0 Å². The number of alkyl halides is 4. The summed E-state index contributed by atoms with van der Waals surface area (Å²) in [4.78, 5) is 10.9. The zero-order chi connectivity index (χ0) is 13.1. The molecule has 1 atom stereocenters. The SMILES string of the molecule is CC(Br)C(=O)Nc1ccc(OC(F)(F)F)cc1. The number of hydrogen-bond acceptors (Lipinski definition) is 2. The average Bonchev–Trinajstić information content (AvgIpc) is 2.18. The minimum Gasteiger partial charge on any atom is -0.406 e. The van der Waals surface area contributed by atoms with E-state index in [4.69, 9.17) is 0 Å². The van der Waals surface area contributed by atoms with Crippen LogP contribution in [0.3, 0.4) is 0 Å². The van der Waals surface area contributed by atoms with E-state index in [1.165, 1.54) is 12.1 Å². The number of benzene rings is 1. The minimum absolute atomic E-state index is 0.283. The third-order valence-electron chi connectivity index (χ3n) is 1.72. The Morgan fingerprint density at radius 2 is 1.88 bits per heavy atom. The summed E-state index contributed by atoms with van der Waals surface area (Å²) in [5.74, 6) is -0.614. The van der Waals surface area contributed by atoms with Crippen molar-refractivity contribution in [3.8, 4) is 5.75 Å². The Morgan fingerprint density at radius 1 is 1.35 bits per heavy atom. The highest BCUT2D eigenvalue weighted by atomic mass is 79.9. The van der Waals surface area contributed by atoms with Crippen LogP contribution < -0.4 is 10.1 Å². The molecule has 1 unspecified atom stereocenters. The largest absolute Gasteiger partial charge is 0.573 e. The summed E-state index contributed by atoms with van der Waals surface area (Å²) < 4.78 is 39.3. The third-order valence-corrected chi connectivity index (χ3v) is 2.13. The molecule has 0 aliphatic rings. The Hall–Kier alpha value is -1.24. The number of carbonyl (C=O) groups is 1. The van der Waals surface area contributed by atoms with Gasteiger partial charge in [-0.2, -0.15) is 0 Å². The predicted octanol–water partition coefficient (Wildman–Crippen LogP) is 3.31. The van der Waals surface area contributed by atoms with Gasteiger partial charge in [0.25, 0.3) is 0 Å². The number of halogens is 4. The molecule has 1 aromatic carbocycles. The van der Waals surface area contributed by atoms with Gasteiger partial charge in [0.15, 0.2) is 0 Å². The minimum atomic E-state index is -4.71. The van der Waals surface area contributed by atoms with E-state index in [-0.39, 0.29) is 16.5 Å². The molecule has 3 nitrogen and oxygen atoms in total. The first kappa shape index (κ1) is 13.8. The lowest BCUT2D eigenvalue weighted by Crippen LogP contribution is -2.20. The number of rotatable bonds is 3. The lowest BCUT2D eigenvalue weighted by atomic mass is 10.3. The number of carbonyl (C=O) groups excluding carboxylic acids is 1. The van der Waals surface area contributed by atoms with E-state index in [1.807, 2.05) is 0 Å². The van der Waals surface area contributed by atoms with Crippen molar-refractivity contribution in [3.05, 3.63) is 24.3 Å². The van der Waals surface area contributed by atoms with Crippen LogP contribution in [0.5, 0.6) is 5.75 Å². The number of anilines is 1. The highest BCUT2D eigenvalue weighted by molar-refractivity contribution is 9.10. The predicted molar refractivity (Wildman–Crippen MR) is 60.1 cm³/mol. The summed E-state index contributed by atoms with van der Waals surface area (Å²) in [6.45, 7) is 1.64. The smallest absolute Gasteiger partial charge is 0.406 e. The summed E-state index contributed by atoms with van der Waals surface area (Å²) in [5, 5.41) is 2.51. The van der Waals surface area contributed by atoms with E-state index in [0.29, 0.717) is 5.69 Å². The van der Waals surface area contributed by atoms with Gasteiger partial charge in [0.05, 0.1) is 4.83 Å². The van der Waals surface area contributed by atoms with Crippen LogP contribution in [-0.4, -0.2) is 17.1 Å². The summed E-state index contributed by atoms with van der Waals surface area (Å²) in [5.41, 5.74) is 0.399. The van der Waals surface area contributed by atoms with E-state index in [9.17, 15) is 18.0 Å². The van der Waals surface area contributed by atoms with E-state index >= 15 is 0 Å². The van der Waals surface area contributed by atoms with Gasteiger partial charge in [0.2, 0.25) is 5.91 Å². The van der Waals surface area contributed by atoms with Gasteiger partial charge in [-0.3, -0.25) is 4.79 Å². The molecule has 0 aromatic heterocycles. The Morgan fingerprint density at radius 3 is 2.29 bits per heavy atom. The van der Waals surface area contributed by atoms with Crippen LogP contribution in [-0.2, 0) is 4.79 Å². The van der Waals surface area contributed by atoms with Crippen LogP contribution in [0.2, 0.25) is 0 Å². The first-order chi connectivity index (χ1) is 7.78. The zero-order valence-corrected chi connectivity index (χ0v) is 10.3. The topological polar surface area (TPSA) is 38.3 Å². The molecule has 94 valence electrons. The van der Waals surface area contributed by atoms with Crippen molar-refractivity contribution in [2.45, 2.75) is 18.1 Å². The number of ether oxygens (including phenoxy) is 1. The van der Waals surface area contributed by atoms with Gasteiger partial charge in [-0.25, -0.2) is 0 Å². The highest BCUT2D eigenvalue weighted by Gasteiger charge is 2.30. The Labute approximate surface area is 104 Å². The van der Waals surface area contributed by atoms with E-state index in [2.05, 4.69) is 26.0 Å². The van der Waals surface area contributed by atoms with E-state index < -0.39 is 6.36 Å². The molecule has 0 radical (unpaired) electrons. The molecular formula is C10H9BrF3NO2. The molecule has 0 spiro atoms. The van der Waals surface area contributed by atoms with Crippen LogP contribution in [0.1, 0.15) is 6.92 Å². The van der Waals surface area contributed by atoms with E-state index in [0.717, 1.165) is 12.1 Å². The molecule has 1 N–H and O–H groups in total. The van der Waals surface area contributed by atoms with E-state index in [1.54, 1.807) is 6.92 Å². The first-order valence-corrected chi connectivity index (χ1v) is 5.50. The summed E-state index contributed by atoms with van der Waals surface area (Å²) in [7, 11) is 0. The van der Waals surface area contributed by atoms with Gasteiger partial charge >= 0.3 is 6.36 Å². The van der Waals surface area contributed by atoms with Gasteiger partial charge < -0.3 is 10.1 Å². The molecule has 0 saturated carbocycles. The van der Waals surface area contributed by atoms with Crippen molar-refractivity contribution in [1.29, 1.82) is 0 Å². The van der Waals surface area contributed by atoms with Gasteiger partial charge in [-0.05, 0) is 31.2 Å². The number of nitrogens with one attached hydrogen (secondary N) is 1. The van der Waals surface area contributed by atoms with Crippen LogP contribution >= 0.6 is 15.9 Å². The van der Waals surface area contributed by atoms with Gasteiger partial charge in [-0.1, -0.05) is 15.9 Å². The standard InChI is InChI=1S/C10H9BrF3NO2/c1-6(11)9(16)15-7-2-4-8(5-3-7)17-10(12,13)14/h2-6H,1H3,(H,15,16). The second-order valence-corrected chi connectivity index (χ2v) is 4.55. The van der Waals surface area contributed by atoms with Crippen molar-refractivity contribution >= 4 is 27.5 Å². The highest BCUT2D eigenvalue weighted by Crippen LogP contribution is 2.24. The first-order valence-electron chi connectivity index (χ1n) is 4.58. The molecule has 0 saturated heterocycles. The summed E-state index contributed by atoms with van der Waals surface area (Å²) >= 11 is 3.07. The average molecular weight is 312 g/mol. The van der Waals surface area contributed by atoms with Crippen LogP contribution in [0.25, 0.3) is 0 Å². The fourth-order valence-corrected chi connectivity index (χ4v) is 1.10. The molecule has 0 fully saturated rings. The van der Waals surface area contributed by atoms with Crippen LogP contribution in [0.4, 0.5) is 18.9 Å². The fraction of sp³-hybridized carbons (Fsp3) is 0.300. The second kappa shape index (κ2) is 5.39. The third kappa shape index (κ3) is 5.08. The molecule has 1 aromatic rings. The molecular weight excluding hydrogens is 303 g/mol. The van der Waals surface area contributed by atoms with Gasteiger partial charge in [0, 0.05) is 5.69 Å². The Kier molecular flexibility index (Phi) is 4.39. The van der Waals surface area contributed by atoms with Crippen LogP contribution in [0.15, 0.2) is 24.3 Å². The maximum Gasteiger partial charge on any atom is 0.573 e. The quantitative estimate of drug-likeness (QED) is 0.870. The maximum absolute atomic E-state index is 11.9. The molecule has 0 aliphatic heterocycles.